The van der Waals surface area contributed by atoms with Crippen LogP contribution >= 0.6 is 0 Å². The van der Waals surface area contributed by atoms with E-state index in [4.69, 9.17) is 0 Å². The molecular formula is C16H26FN. The Kier molecular flexibility index (Phi) is 4.41. The van der Waals surface area contributed by atoms with Crippen molar-refractivity contribution in [2.45, 2.75) is 54.6 Å². The minimum Gasteiger partial charge on any atom is -0.384 e. The van der Waals surface area contributed by atoms with Gasteiger partial charge in [-0.1, -0.05) is 26.8 Å². The largest absolute Gasteiger partial charge is 0.384 e. The number of hydrogen-bond acceptors (Lipinski definition) is 1. The molecule has 18 heavy (non-hydrogen) atoms. The normalized spacial score (nSPS) is 13.6. The van der Waals surface area contributed by atoms with Crippen LogP contribution in [0.25, 0.3) is 0 Å². The third-order valence-corrected chi connectivity index (χ3v) is 3.29. The molecule has 0 aromatic heterocycles. The lowest BCUT2D eigenvalue weighted by molar-refractivity contribution is 0.372. The molecule has 1 nitrogen and oxygen atoms in total. The molecule has 1 N–H and O–H groups in total. The van der Waals surface area contributed by atoms with Gasteiger partial charge in [0.15, 0.2) is 0 Å². The molecule has 0 heterocycles. The third-order valence-electron chi connectivity index (χ3n) is 3.29. The lowest BCUT2D eigenvalue weighted by atomic mass is 9.93. The summed E-state index contributed by atoms with van der Waals surface area (Å²) in [6, 6.07) is 2.13. The van der Waals surface area contributed by atoms with Crippen molar-refractivity contribution >= 4 is 5.69 Å². The zero-order chi connectivity index (χ0) is 14.1. The maximum Gasteiger partial charge on any atom is 0.125 e. The second-order valence-corrected chi connectivity index (χ2v) is 6.45. The maximum absolute atomic E-state index is 13.9. The van der Waals surface area contributed by atoms with E-state index in [1.165, 1.54) is 0 Å². The minimum atomic E-state index is -0.939. The monoisotopic (exact) mass is 251 g/mol. The van der Waals surface area contributed by atoms with E-state index in [0.717, 1.165) is 34.5 Å². The molecule has 0 fully saturated rings. The number of hydrogen-bond donors (Lipinski definition) is 1. The van der Waals surface area contributed by atoms with Crippen LogP contribution in [0.1, 0.15) is 56.1 Å². The number of alkyl halides is 1. The molecule has 0 amide bonds. The zero-order valence-corrected chi connectivity index (χ0v) is 12.7. The third kappa shape index (κ3) is 3.47. The highest BCUT2D eigenvalue weighted by Crippen LogP contribution is 2.34. The zero-order valence-electron chi connectivity index (χ0n) is 12.7. The average Bonchev–Trinajstić information content (AvgIpc) is 2.19. The van der Waals surface area contributed by atoms with Crippen LogP contribution in [-0.2, 0) is 0 Å². The summed E-state index contributed by atoms with van der Waals surface area (Å²) >= 11 is 0. The van der Waals surface area contributed by atoms with Gasteiger partial charge < -0.3 is 5.32 Å². The van der Waals surface area contributed by atoms with E-state index in [1.807, 2.05) is 20.8 Å². The predicted molar refractivity (Wildman–Crippen MR) is 78.1 cm³/mol. The number of benzene rings is 1. The van der Waals surface area contributed by atoms with E-state index in [0.29, 0.717) is 0 Å². The molecular weight excluding hydrogens is 225 g/mol. The Bertz CT molecular complexity index is 428. The Balaban J connectivity index is 3.21. The molecule has 0 spiro atoms. The first kappa shape index (κ1) is 15.0. The highest BCUT2D eigenvalue weighted by atomic mass is 19.1. The Morgan fingerprint density at radius 1 is 1.17 bits per heavy atom. The van der Waals surface area contributed by atoms with Gasteiger partial charge in [0.25, 0.3) is 0 Å². The first-order chi connectivity index (χ1) is 8.13. The van der Waals surface area contributed by atoms with E-state index >= 15 is 0 Å². The molecule has 1 rings (SSSR count). The van der Waals surface area contributed by atoms with Crippen molar-refractivity contribution in [1.82, 2.24) is 0 Å². The predicted octanol–water partition coefficient (Wildman–Crippen LogP) is 5.10. The summed E-state index contributed by atoms with van der Waals surface area (Å²) in [5.41, 5.74) is 5.32. The van der Waals surface area contributed by atoms with E-state index < -0.39 is 6.17 Å². The van der Waals surface area contributed by atoms with Gasteiger partial charge in [-0.3, -0.25) is 0 Å². The van der Waals surface area contributed by atoms with Crippen molar-refractivity contribution in [3.63, 3.8) is 0 Å². The van der Waals surface area contributed by atoms with Crippen LogP contribution in [0.4, 0.5) is 10.1 Å². The quantitative estimate of drug-likeness (QED) is 0.788. The Hall–Kier alpha value is -1.05. The van der Waals surface area contributed by atoms with Crippen LogP contribution in [0.5, 0.6) is 0 Å². The summed E-state index contributed by atoms with van der Waals surface area (Å²) in [6.45, 7) is 15.1. The fourth-order valence-electron chi connectivity index (χ4n) is 2.20. The number of halogens is 1. The van der Waals surface area contributed by atoms with Crippen LogP contribution in [0.15, 0.2) is 6.07 Å². The number of nitrogens with one attached hydrogen (secondary N) is 1. The summed E-state index contributed by atoms with van der Waals surface area (Å²) in [5.74, 6) is 0. The van der Waals surface area contributed by atoms with Gasteiger partial charge >= 0.3 is 0 Å². The van der Waals surface area contributed by atoms with Gasteiger partial charge in [-0.05, 0) is 49.8 Å². The standard InChI is InChI=1S/C16H26FN/c1-10-8-11(2)15(18-9-16(5,6)7)14(12(10)3)13(4)17/h8,13,18H,9H2,1-7H3. The van der Waals surface area contributed by atoms with Gasteiger partial charge in [0.2, 0.25) is 0 Å². The van der Waals surface area contributed by atoms with Crippen molar-refractivity contribution in [2.24, 2.45) is 5.41 Å². The topological polar surface area (TPSA) is 12.0 Å². The van der Waals surface area contributed by atoms with Crippen LogP contribution in [0.3, 0.4) is 0 Å². The lowest BCUT2D eigenvalue weighted by Gasteiger charge is -2.25. The minimum absolute atomic E-state index is 0.183. The van der Waals surface area contributed by atoms with Gasteiger partial charge in [0.05, 0.1) is 0 Å². The van der Waals surface area contributed by atoms with Crippen LogP contribution < -0.4 is 5.32 Å². The summed E-state index contributed by atoms with van der Waals surface area (Å²) < 4.78 is 13.9. The van der Waals surface area contributed by atoms with Crippen molar-refractivity contribution in [1.29, 1.82) is 0 Å². The van der Waals surface area contributed by atoms with Gasteiger partial charge in [-0.2, -0.15) is 0 Å². The molecule has 1 unspecified atom stereocenters. The molecule has 1 atom stereocenters. The van der Waals surface area contributed by atoms with E-state index in [9.17, 15) is 4.39 Å². The first-order valence-electron chi connectivity index (χ1n) is 6.62. The second kappa shape index (κ2) is 5.29. The van der Waals surface area contributed by atoms with E-state index in [1.54, 1.807) is 6.92 Å². The molecule has 0 aliphatic rings. The Morgan fingerprint density at radius 2 is 1.72 bits per heavy atom. The van der Waals surface area contributed by atoms with Crippen LogP contribution in [0, 0.1) is 26.2 Å². The molecule has 0 bridgehead atoms. The van der Waals surface area contributed by atoms with Crippen molar-refractivity contribution in [3.05, 3.63) is 28.3 Å². The lowest BCUT2D eigenvalue weighted by Crippen LogP contribution is -2.20. The summed E-state index contributed by atoms with van der Waals surface area (Å²) in [6.07, 6.45) is -0.939. The van der Waals surface area contributed by atoms with E-state index in [2.05, 4.69) is 32.2 Å². The highest BCUT2D eigenvalue weighted by Gasteiger charge is 2.18. The summed E-state index contributed by atoms with van der Waals surface area (Å²) in [7, 11) is 0. The Morgan fingerprint density at radius 3 is 2.17 bits per heavy atom. The molecule has 0 saturated heterocycles. The summed E-state index contributed by atoms with van der Waals surface area (Å²) in [5, 5.41) is 3.43. The van der Waals surface area contributed by atoms with Crippen LogP contribution in [-0.4, -0.2) is 6.54 Å². The van der Waals surface area contributed by atoms with Crippen LogP contribution in [0.2, 0.25) is 0 Å². The maximum atomic E-state index is 13.9. The van der Waals surface area contributed by atoms with Gasteiger partial charge in [0, 0.05) is 17.8 Å². The fourth-order valence-corrected chi connectivity index (χ4v) is 2.20. The summed E-state index contributed by atoms with van der Waals surface area (Å²) in [4.78, 5) is 0. The van der Waals surface area contributed by atoms with Crippen molar-refractivity contribution in [3.8, 4) is 0 Å². The fraction of sp³-hybridized carbons (Fsp3) is 0.625. The van der Waals surface area contributed by atoms with E-state index in [-0.39, 0.29) is 5.41 Å². The average molecular weight is 251 g/mol. The number of aryl methyl sites for hydroxylation is 2. The molecule has 0 aliphatic carbocycles. The highest BCUT2D eigenvalue weighted by molar-refractivity contribution is 5.63. The van der Waals surface area contributed by atoms with Crippen molar-refractivity contribution < 1.29 is 4.39 Å². The molecule has 1 aromatic rings. The molecule has 0 saturated carbocycles. The second-order valence-electron chi connectivity index (χ2n) is 6.45. The Labute approximate surface area is 111 Å². The smallest absolute Gasteiger partial charge is 0.125 e. The number of rotatable bonds is 3. The first-order valence-corrected chi connectivity index (χ1v) is 6.62. The molecule has 2 heteroatoms. The van der Waals surface area contributed by atoms with Gasteiger partial charge in [-0.25, -0.2) is 4.39 Å². The number of anilines is 1. The molecule has 0 aliphatic heterocycles. The molecule has 0 radical (unpaired) electrons. The SMILES string of the molecule is Cc1cc(C)c(NCC(C)(C)C)c(C(C)F)c1C. The van der Waals surface area contributed by atoms with Crippen molar-refractivity contribution in [2.75, 3.05) is 11.9 Å². The molecule has 102 valence electrons. The van der Waals surface area contributed by atoms with Gasteiger partial charge in [-0.15, -0.1) is 0 Å². The van der Waals surface area contributed by atoms with Gasteiger partial charge in [0.1, 0.15) is 6.17 Å². The molecule has 1 aromatic carbocycles.